The largest absolute Gasteiger partial charge is 2.00 e. The molecule has 0 aliphatic rings. The number of nitrogens with zero attached hydrogens (tertiary/aromatic N) is 16. The fraction of sp³-hybridized carbons (Fsp3) is 0.300. The van der Waals surface area contributed by atoms with Crippen LogP contribution in [0.4, 0.5) is 0 Å². The van der Waals surface area contributed by atoms with Crippen LogP contribution in [0.25, 0.3) is 22.3 Å². The number of pyridine rings is 4. The molecular weight excluding hydrogens is 1520 g/mol. The van der Waals surface area contributed by atoms with Crippen LogP contribution in [0.5, 0.6) is 0 Å². The normalized spacial score (nSPS) is 7.74. The number of unbranched alkanes of at least 4 members (excludes halogenated alkanes) is 4. The Morgan fingerprint density at radius 3 is 0.500 bits per heavy atom. The van der Waals surface area contributed by atoms with Crippen LogP contribution in [0.1, 0.15) is 105 Å². The van der Waals surface area contributed by atoms with Crippen molar-refractivity contribution in [3.05, 3.63) is 209 Å². The van der Waals surface area contributed by atoms with E-state index in [2.05, 4.69) is 81.1 Å². The van der Waals surface area contributed by atoms with Crippen LogP contribution in [0.3, 0.4) is 0 Å². The Morgan fingerprint density at radius 2 is 0.436 bits per heavy atom. The van der Waals surface area contributed by atoms with Crippen molar-refractivity contribution in [2.45, 2.75) is 105 Å². The number of carbonyl (C=O) groups is 4. The van der Waals surface area contributed by atoms with Gasteiger partial charge in [0.25, 0.3) is 0 Å². The quantitative estimate of drug-likeness (QED) is 0.148. The zero-order valence-corrected chi connectivity index (χ0v) is 57.8. The van der Waals surface area contributed by atoms with Gasteiger partial charge in [-0.1, -0.05) is 89.8 Å². The molecule has 538 valence electrons. The fourth-order valence-corrected chi connectivity index (χ4v) is 4.62. The van der Waals surface area contributed by atoms with Crippen LogP contribution in [-0.2, 0) is 122 Å². The molecule has 10 aromatic rings. The van der Waals surface area contributed by atoms with Crippen molar-refractivity contribution in [2.75, 3.05) is 14.2 Å². The SMILES string of the molecule is CCCCC(=O)[O-].CCCCC(=O)[O-].CCCCC(=O)[O-].CCCCC(=O)[O-].CO.CO.[Cu+2].[Cu+2].[Cu+2].[Cu+2].[Cu+2].[Cu+2].[OH-].[OH-].c1cc(-c2ccncc2)ccn1.c1cc(-c2ccncc2)ccn1.c1cn[n-]c1.c1cn[n-]c1.c1cn[n-]c1.c1cn[n-]c1.c1cn[n-]c1.c1cn[n-]c1. The van der Waals surface area contributed by atoms with E-state index in [4.69, 9.17) is 10.2 Å². The Balaban J connectivity index is -0.0000000780. The third-order valence-corrected chi connectivity index (χ3v) is 8.56. The molecule has 0 amide bonds. The Kier molecular flexibility index (Phi) is 120. The molecule has 10 heterocycles. The molecule has 0 aliphatic carbocycles. The molecule has 0 spiro atoms. The molecule has 4 N–H and O–H groups in total. The molecular formula is C60H80Cu6N16O12. The van der Waals surface area contributed by atoms with Crippen LogP contribution in [0.15, 0.2) is 209 Å². The molecule has 0 atom stereocenters. The van der Waals surface area contributed by atoms with E-state index >= 15 is 0 Å². The van der Waals surface area contributed by atoms with Gasteiger partial charge < -0.3 is 122 Å². The van der Waals surface area contributed by atoms with Gasteiger partial charge in [-0.25, -0.2) is 0 Å². The summed E-state index contributed by atoms with van der Waals surface area (Å²) in [5.74, 6) is -3.77. The number of carboxylic acids is 4. The van der Waals surface area contributed by atoms with Crippen LogP contribution in [-0.4, -0.2) is 110 Å². The van der Waals surface area contributed by atoms with E-state index in [0.29, 0.717) is 0 Å². The summed E-state index contributed by atoms with van der Waals surface area (Å²) >= 11 is 0. The molecule has 6 radical (unpaired) electrons. The van der Waals surface area contributed by atoms with Crippen LogP contribution >= 0.6 is 0 Å². The van der Waals surface area contributed by atoms with E-state index in [9.17, 15) is 39.6 Å². The predicted octanol–water partition coefficient (Wildman–Crippen LogP) is 3.07. The molecule has 10 rings (SSSR count). The van der Waals surface area contributed by atoms with Crippen molar-refractivity contribution in [3.63, 3.8) is 0 Å². The number of hydrogen-bond donors (Lipinski definition) is 2. The van der Waals surface area contributed by atoms with Crippen LogP contribution < -0.4 is 51.0 Å². The van der Waals surface area contributed by atoms with Gasteiger partial charge in [0.15, 0.2) is 0 Å². The number of rotatable bonds is 14. The summed E-state index contributed by atoms with van der Waals surface area (Å²) in [5, 5.41) is 94.3. The van der Waals surface area contributed by atoms with E-state index in [-0.39, 0.29) is 139 Å². The first kappa shape index (κ1) is 114. The minimum Gasteiger partial charge on any atom is -0.870 e. The molecule has 0 fully saturated rings. The van der Waals surface area contributed by atoms with Gasteiger partial charge in [-0.2, -0.15) is 37.2 Å². The van der Waals surface area contributed by atoms with Crippen molar-refractivity contribution in [1.82, 2.24) is 81.1 Å². The number of aliphatic hydroxyl groups is 2. The minimum absolute atomic E-state index is 0. The van der Waals surface area contributed by atoms with Gasteiger partial charge in [-0.3, -0.25) is 19.9 Å². The van der Waals surface area contributed by atoms with Crippen molar-refractivity contribution >= 4 is 23.9 Å². The van der Waals surface area contributed by atoms with Gasteiger partial charge in [0.1, 0.15) is 0 Å². The summed E-state index contributed by atoms with van der Waals surface area (Å²) in [4.78, 5) is 54.4. The van der Waals surface area contributed by atoms with Crippen molar-refractivity contribution in [2.24, 2.45) is 0 Å². The molecule has 0 saturated carbocycles. The van der Waals surface area contributed by atoms with Crippen molar-refractivity contribution in [3.8, 4) is 22.3 Å². The maximum absolute atomic E-state index is 9.65. The zero-order chi connectivity index (χ0) is 64.5. The Labute approximate surface area is 613 Å². The van der Waals surface area contributed by atoms with E-state index in [1.54, 1.807) is 160 Å². The average molecular weight is 1600 g/mol. The summed E-state index contributed by atoms with van der Waals surface area (Å²) in [6.07, 6.45) is 41.4. The van der Waals surface area contributed by atoms with Crippen molar-refractivity contribution in [1.29, 1.82) is 0 Å². The molecule has 0 unspecified atom stereocenters. The number of aliphatic carboxylic acids is 4. The van der Waals surface area contributed by atoms with Gasteiger partial charge in [-0.05, 0) is 122 Å². The number of hydrogen-bond acceptors (Lipinski definition) is 22. The molecule has 34 heteroatoms. The summed E-state index contributed by atoms with van der Waals surface area (Å²) in [7, 11) is 2.00. The topological polar surface area (TPSA) is 474 Å². The van der Waals surface area contributed by atoms with E-state index in [0.717, 1.165) is 65.6 Å². The second-order valence-corrected chi connectivity index (χ2v) is 15.2. The third kappa shape index (κ3) is 95.8. The standard InChI is InChI=1S/2C10H8N2.4C5H10O2.6C3H3N2.2CH4O.6Cu.2H2O/c2*1-5-11-6-2-9(1)10-3-7-12-8-4-10;4*1-2-3-4-5(6)7;6*1-2-4-5-3-1;2*1-2;;;;;;;;/h2*1-8H;4*2-4H2,1H3,(H,6,7);6*1-3H;2*2H,1H3;;;;;;;2*1H2/q;;;;;;6*-1;;;6*+2;;/p-6. The summed E-state index contributed by atoms with van der Waals surface area (Å²) in [6, 6.07) is 26.5. The zero-order valence-electron chi connectivity index (χ0n) is 52.1. The third-order valence-electron chi connectivity index (χ3n) is 8.56. The monoisotopic (exact) mass is 1590 g/mol. The molecule has 28 nitrogen and oxygen atoms in total. The molecule has 0 aliphatic heterocycles. The van der Waals surface area contributed by atoms with Gasteiger partial charge in [0.05, 0.1) is 0 Å². The van der Waals surface area contributed by atoms with Gasteiger partial charge in [0.2, 0.25) is 0 Å². The van der Waals surface area contributed by atoms with E-state index < -0.39 is 23.9 Å². The molecule has 0 aromatic carbocycles. The average Bonchev–Trinajstić information content (AvgIpc) is 1.64. The minimum atomic E-state index is -0.943. The van der Waals surface area contributed by atoms with Gasteiger partial charge in [0, 0.05) is 125 Å². The molecule has 0 bridgehead atoms. The fourth-order valence-electron chi connectivity index (χ4n) is 4.62. The molecule has 0 saturated heterocycles. The maximum Gasteiger partial charge on any atom is 2.00 e. The van der Waals surface area contributed by atoms with Gasteiger partial charge >= 0.3 is 102 Å². The molecule has 94 heavy (non-hydrogen) atoms. The van der Waals surface area contributed by atoms with Crippen molar-refractivity contribution < 1.29 is 163 Å². The number of aromatic nitrogens is 16. The molecule has 10 aromatic heterocycles. The summed E-state index contributed by atoms with van der Waals surface area (Å²) in [6.45, 7) is 7.79. The van der Waals surface area contributed by atoms with E-state index in [1.807, 2.05) is 76.2 Å². The van der Waals surface area contributed by atoms with Crippen LogP contribution in [0, 0.1) is 0 Å². The summed E-state index contributed by atoms with van der Waals surface area (Å²) < 4.78 is 0. The smallest absolute Gasteiger partial charge is 0.870 e. The second kappa shape index (κ2) is 99.3. The predicted molar refractivity (Wildman–Crippen MR) is 319 cm³/mol. The summed E-state index contributed by atoms with van der Waals surface area (Å²) in [5.41, 5.74) is 4.69. The Bertz CT molecular complexity index is 2210. The van der Waals surface area contributed by atoms with E-state index in [1.165, 1.54) is 22.3 Å². The Hall–Kier alpha value is -7.30. The first-order chi connectivity index (χ1) is 42.0. The maximum atomic E-state index is 9.65. The number of carboxylic acid groups (broad SMARTS) is 4. The number of aliphatic hydroxyl groups excluding tert-OH is 2. The first-order valence-corrected chi connectivity index (χ1v) is 26.6. The van der Waals surface area contributed by atoms with Crippen LogP contribution in [0.2, 0.25) is 0 Å². The number of carbonyl (C=O) groups excluding carboxylic acids is 4. The first-order valence-electron chi connectivity index (χ1n) is 26.6. The second-order valence-electron chi connectivity index (χ2n) is 15.2. The van der Waals surface area contributed by atoms with Gasteiger partial charge in [-0.15, -0.1) is 0 Å². The Morgan fingerprint density at radius 1 is 0.298 bits per heavy atom.